The Morgan fingerprint density at radius 3 is 2.00 bits per heavy atom. The zero-order valence-electron chi connectivity index (χ0n) is 7.34. The molecule has 0 radical (unpaired) electrons. The summed E-state index contributed by atoms with van der Waals surface area (Å²) in [7, 11) is 0. The minimum absolute atomic E-state index is 0. The van der Waals surface area contributed by atoms with E-state index in [4.69, 9.17) is 5.84 Å². The lowest BCUT2D eigenvalue weighted by Crippen LogP contribution is -2.38. The number of hydrogen-bond acceptors (Lipinski definition) is 3. The smallest absolute Gasteiger partial charge is 0.0113 e. The standard InChI is InChI=1S/C6H17N3.3BrH/c1-2-3-4-5-6-8-9-7;;;/h8-9H,2-7H2,1H3;3*1H. The summed E-state index contributed by atoms with van der Waals surface area (Å²) in [5, 5.41) is 0. The largest absolute Gasteiger partial charge is 0.258 e. The maximum absolute atomic E-state index is 4.98. The van der Waals surface area contributed by atoms with Crippen LogP contribution in [0, 0.1) is 0 Å². The molecule has 0 amide bonds. The molecule has 0 aliphatic heterocycles. The van der Waals surface area contributed by atoms with E-state index in [1.165, 1.54) is 25.7 Å². The monoisotopic (exact) mass is 371 g/mol. The van der Waals surface area contributed by atoms with Gasteiger partial charge in [-0.05, 0) is 6.42 Å². The highest BCUT2D eigenvalue weighted by Gasteiger charge is 1.84. The third-order valence-electron chi connectivity index (χ3n) is 1.26. The Hall–Kier alpha value is 1.32. The molecule has 0 aromatic rings. The van der Waals surface area contributed by atoms with Gasteiger partial charge >= 0.3 is 0 Å². The van der Waals surface area contributed by atoms with E-state index in [-0.39, 0.29) is 50.9 Å². The van der Waals surface area contributed by atoms with Gasteiger partial charge in [-0.3, -0.25) is 5.84 Å². The third kappa shape index (κ3) is 22.5. The summed E-state index contributed by atoms with van der Waals surface area (Å²) in [5.41, 5.74) is 5.23. The van der Waals surface area contributed by atoms with Crippen LogP contribution in [-0.4, -0.2) is 6.54 Å². The molecule has 6 heteroatoms. The zero-order chi connectivity index (χ0) is 6.95. The van der Waals surface area contributed by atoms with Crippen molar-refractivity contribution in [3.8, 4) is 0 Å². The van der Waals surface area contributed by atoms with E-state index in [0.717, 1.165) is 6.54 Å². The van der Waals surface area contributed by atoms with Crippen molar-refractivity contribution in [1.29, 1.82) is 0 Å². The predicted octanol–water partition coefficient (Wildman–Crippen LogP) is 2.27. The molecule has 0 rings (SSSR count). The van der Waals surface area contributed by atoms with Crippen LogP contribution in [0.1, 0.15) is 32.6 Å². The molecule has 0 atom stereocenters. The second-order valence-electron chi connectivity index (χ2n) is 2.13. The Bertz CT molecular complexity index is 51.3. The highest BCUT2D eigenvalue weighted by atomic mass is 79.9. The van der Waals surface area contributed by atoms with E-state index in [1.807, 2.05) is 0 Å². The summed E-state index contributed by atoms with van der Waals surface area (Å²) in [6.07, 6.45) is 5.12. The van der Waals surface area contributed by atoms with Crippen molar-refractivity contribution in [3.05, 3.63) is 0 Å². The van der Waals surface area contributed by atoms with Crippen LogP contribution in [0.15, 0.2) is 0 Å². The average Bonchev–Trinajstić information content (AvgIpc) is 1.89. The first kappa shape index (κ1) is 23.3. The van der Waals surface area contributed by atoms with Gasteiger partial charge in [-0.1, -0.05) is 26.2 Å². The average molecular weight is 374 g/mol. The SMILES string of the molecule is Br.Br.Br.CCCCCCNNN. The summed E-state index contributed by atoms with van der Waals surface area (Å²) in [6.45, 7) is 3.17. The van der Waals surface area contributed by atoms with Gasteiger partial charge in [-0.2, -0.15) is 5.53 Å². The van der Waals surface area contributed by atoms with Crippen LogP contribution in [0.4, 0.5) is 0 Å². The van der Waals surface area contributed by atoms with Crippen molar-refractivity contribution in [1.82, 2.24) is 11.0 Å². The van der Waals surface area contributed by atoms with Crippen LogP contribution >= 0.6 is 50.9 Å². The van der Waals surface area contributed by atoms with E-state index in [2.05, 4.69) is 17.9 Å². The molecule has 0 saturated heterocycles. The van der Waals surface area contributed by atoms with Crippen molar-refractivity contribution in [2.75, 3.05) is 6.54 Å². The summed E-state index contributed by atoms with van der Waals surface area (Å²) < 4.78 is 0. The molecule has 0 aromatic heterocycles. The molecule has 12 heavy (non-hydrogen) atoms. The maximum atomic E-state index is 4.98. The lowest BCUT2D eigenvalue weighted by Gasteiger charge is -1.99. The van der Waals surface area contributed by atoms with Crippen molar-refractivity contribution in [2.24, 2.45) is 5.84 Å². The Labute approximate surface area is 106 Å². The molecule has 0 fully saturated rings. The number of halogens is 3. The molecule has 0 aliphatic rings. The molecule has 0 saturated carbocycles. The summed E-state index contributed by atoms with van der Waals surface area (Å²) in [4.78, 5) is 0. The normalized spacial score (nSPS) is 7.50. The molecule has 0 bridgehead atoms. The van der Waals surface area contributed by atoms with Gasteiger partial charge < -0.3 is 0 Å². The van der Waals surface area contributed by atoms with E-state index < -0.39 is 0 Å². The summed E-state index contributed by atoms with van der Waals surface area (Å²) >= 11 is 0. The number of nitrogens with two attached hydrogens (primary N) is 1. The molecule has 0 spiro atoms. The third-order valence-corrected chi connectivity index (χ3v) is 1.26. The Balaban J connectivity index is -0.000000107. The first-order valence-electron chi connectivity index (χ1n) is 3.60. The Morgan fingerprint density at radius 1 is 1.00 bits per heavy atom. The summed E-state index contributed by atoms with van der Waals surface area (Å²) in [5.74, 6) is 4.98. The predicted molar refractivity (Wildman–Crippen MR) is 70.4 cm³/mol. The van der Waals surface area contributed by atoms with Crippen molar-refractivity contribution < 1.29 is 0 Å². The fourth-order valence-electron chi connectivity index (χ4n) is 0.712. The molecule has 0 heterocycles. The lowest BCUT2D eigenvalue weighted by atomic mass is 10.2. The topological polar surface area (TPSA) is 50.1 Å². The molecule has 80 valence electrons. The minimum atomic E-state index is 0. The van der Waals surface area contributed by atoms with Crippen LogP contribution in [-0.2, 0) is 0 Å². The molecule has 0 aromatic carbocycles. The van der Waals surface area contributed by atoms with Crippen molar-refractivity contribution in [2.45, 2.75) is 32.6 Å². The molecular weight excluding hydrogens is 354 g/mol. The quantitative estimate of drug-likeness (QED) is 0.380. The van der Waals surface area contributed by atoms with E-state index in [1.54, 1.807) is 0 Å². The van der Waals surface area contributed by atoms with Gasteiger partial charge in [0.25, 0.3) is 0 Å². The molecular formula is C6H20Br3N3. The minimum Gasteiger partial charge on any atom is -0.258 e. The first-order valence-corrected chi connectivity index (χ1v) is 3.60. The number of unbranched alkanes of at least 4 members (excludes halogenated alkanes) is 3. The van der Waals surface area contributed by atoms with Gasteiger partial charge in [-0.25, -0.2) is 5.43 Å². The second kappa shape index (κ2) is 22.8. The van der Waals surface area contributed by atoms with Crippen molar-refractivity contribution >= 4 is 50.9 Å². The molecule has 0 unspecified atom stereocenters. The Kier molecular flexibility index (Phi) is 44.2. The molecule has 3 nitrogen and oxygen atoms in total. The molecule has 4 N–H and O–H groups in total. The zero-order valence-corrected chi connectivity index (χ0v) is 12.5. The van der Waals surface area contributed by atoms with Gasteiger partial charge in [0, 0.05) is 6.54 Å². The number of nitrogens with one attached hydrogen (secondary N) is 2. The van der Waals surface area contributed by atoms with Gasteiger partial charge in [0.15, 0.2) is 0 Å². The van der Waals surface area contributed by atoms with Crippen LogP contribution in [0.2, 0.25) is 0 Å². The van der Waals surface area contributed by atoms with Crippen molar-refractivity contribution in [3.63, 3.8) is 0 Å². The fraction of sp³-hybridized carbons (Fsp3) is 1.00. The van der Waals surface area contributed by atoms with Gasteiger partial charge in [0.2, 0.25) is 0 Å². The van der Waals surface area contributed by atoms with E-state index in [9.17, 15) is 0 Å². The van der Waals surface area contributed by atoms with Gasteiger partial charge in [-0.15, -0.1) is 50.9 Å². The van der Waals surface area contributed by atoms with E-state index in [0.29, 0.717) is 0 Å². The lowest BCUT2D eigenvalue weighted by molar-refractivity contribution is 0.520. The van der Waals surface area contributed by atoms with Gasteiger partial charge in [0.1, 0.15) is 0 Å². The fourth-order valence-corrected chi connectivity index (χ4v) is 0.712. The van der Waals surface area contributed by atoms with Crippen LogP contribution < -0.4 is 16.8 Å². The second-order valence-corrected chi connectivity index (χ2v) is 2.13. The van der Waals surface area contributed by atoms with Crippen LogP contribution in [0.5, 0.6) is 0 Å². The molecule has 0 aliphatic carbocycles. The number of hydrogen-bond donors (Lipinski definition) is 3. The maximum Gasteiger partial charge on any atom is 0.0113 e. The first-order chi connectivity index (χ1) is 4.41. The van der Waals surface area contributed by atoms with Gasteiger partial charge in [0.05, 0.1) is 0 Å². The van der Waals surface area contributed by atoms with E-state index >= 15 is 0 Å². The van der Waals surface area contributed by atoms with Crippen LogP contribution in [0.25, 0.3) is 0 Å². The Morgan fingerprint density at radius 2 is 1.58 bits per heavy atom. The summed E-state index contributed by atoms with van der Waals surface area (Å²) in [6, 6.07) is 0. The van der Waals surface area contributed by atoms with Crippen LogP contribution in [0.3, 0.4) is 0 Å². The number of rotatable bonds is 6. The highest BCUT2D eigenvalue weighted by Crippen LogP contribution is 1.96. The number of hydrazine groups is 2. The highest BCUT2D eigenvalue weighted by molar-refractivity contribution is 8.93.